The van der Waals surface area contributed by atoms with Gasteiger partial charge in [0.15, 0.2) is 0 Å². The van der Waals surface area contributed by atoms with Crippen molar-refractivity contribution in [2.45, 2.75) is 25.4 Å². The van der Waals surface area contributed by atoms with Gasteiger partial charge < -0.3 is 5.11 Å². The predicted molar refractivity (Wildman–Crippen MR) is 83.5 cm³/mol. The fourth-order valence-electron chi connectivity index (χ4n) is 2.43. The van der Waals surface area contributed by atoms with E-state index in [-0.39, 0.29) is 12.6 Å². The molecule has 0 bridgehead atoms. The van der Waals surface area contributed by atoms with Gasteiger partial charge in [-0.2, -0.15) is 0 Å². The summed E-state index contributed by atoms with van der Waals surface area (Å²) >= 11 is 0. The van der Waals surface area contributed by atoms with Crippen LogP contribution in [0.5, 0.6) is 0 Å². The molecule has 2 heteroatoms. The molecule has 0 aliphatic heterocycles. The van der Waals surface area contributed by atoms with Gasteiger partial charge in [-0.3, -0.25) is 4.90 Å². The Kier molecular flexibility index (Phi) is 5.78. The van der Waals surface area contributed by atoms with E-state index in [0.717, 1.165) is 19.4 Å². The number of likely N-dealkylation sites (N-methyl/N-ethyl adjacent to an activating group) is 1. The molecule has 2 aromatic carbocycles. The van der Waals surface area contributed by atoms with Crippen molar-refractivity contribution >= 4 is 0 Å². The van der Waals surface area contributed by atoms with Crippen molar-refractivity contribution in [1.29, 1.82) is 0 Å². The van der Waals surface area contributed by atoms with Gasteiger partial charge in [0, 0.05) is 12.6 Å². The van der Waals surface area contributed by atoms with E-state index in [4.69, 9.17) is 0 Å². The third-order valence-electron chi connectivity index (χ3n) is 3.72. The van der Waals surface area contributed by atoms with E-state index in [9.17, 15) is 5.11 Å². The Morgan fingerprint density at radius 2 is 1.45 bits per heavy atom. The van der Waals surface area contributed by atoms with Crippen molar-refractivity contribution in [1.82, 2.24) is 4.90 Å². The zero-order valence-electron chi connectivity index (χ0n) is 12.1. The van der Waals surface area contributed by atoms with Crippen molar-refractivity contribution in [3.05, 3.63) is 71.8 Å². The first-order valence-electron chi connectivity index (χ1n) is 7.18. The molecule has 0 saturated carbocycles. The lowest BCUT2D eigenvalue weighted by atomic mass is 10.0. The molecule has 0 aliphatic rings. The van der Waals surface area contributed by atoms with Gasteiger partial charge >= 0.3 is 0 Å². The van der Waals surface area contributed by atoms with Crippen LogP contribution in [-0.4, -0.2) is 29.7 Å². The van der Waals surface area contributed by atoms with Gasteiger partial charge in [-0.1, -0.05) is 60.7 Å². The molecule has 0 heterocycles. The Bertz CT molecular complexity index is 483. The van der Waals surface area contributed by atoms with Crippen LogP contribution in [-0.2, 0) is 13.0 Å². The van der Waals surface area contributed by atoms with E-state index in [2.05, 4.69) is 60.5 Å². The molecular formula is C18H23NO. The largest absolute Gasteiger partial charge is 0.395 e. The Morgan fingerprint density at radius 3 is 2.00 bits per heavy atom. The van der Waals surface area contributed by atoms with Crippen LogP contribution in [0.1, 0.15) is 17.5 Å². The monoisotopic (exact) mass is 269 g/mol. The highest BCUT2D eigenvalue weighted by molar-refractivity contribution is 5.16. The Hall–Kier alpha value is -1.64. The van der Waals surface area contributed by atoms with Crippen LogP contribution >= 0.6 is 0 Å². The van der Waals surface area contributed by atoms with Gasteiger partial charge in [0.2, 0.25) is 0 Å². The SMILES string of the molecule is CN(Cc1ccccc1)[C@H](CO)CCc1ccccc1. The maximum atomic E-state index is 9.61. The second-order valence-electron chi connectivity index (χ2n) is 5.26. The molecule has 0 spiro atoms. The summed E-state index contributed by atoms with van der Waals surface area (Å²) in [6, 6.07) is 21.1. The Morgan fingerprint density at radius 1 is 0.900 bits per heavy atom. The molecule has 2 nitrogen and oxygen atoms in total. The molecule has 106 valence electrons. The number of aliphatic hydroxyl groups is 1. The summed E-state index contributed by atoms with van der Waals surface area (Å²) < 4.78 is 0. The third-order valence-corrected chi connectivity index (χ3v) is 3.72. The zero-order chi connectivity index (χ0) is 14.2. The van der Waals surface area contributed by atoms with E-state index < -0.39 is 0 Å². The van der Waals surface area contributed by atoms with E-state index in [1.165, 1.54) is 11.1 Å². The van der Waals surface area contributed by atoms with E-state index in [0.29, 0.717) is 0 Å². The average molecular weight is 269 g/mol. The van der Waals surface area contributed by atoms with E-state index in [1.54, 1.807) is 0 Å². The molecule has 0 aliphatic carbocycles. The first-order valence-corrected chi connectivity index (χ1v) is 7.18. The van der Waals surface area contributed by atoms with Crippen LogP contribution in [0.15, 0.2) is 60.7 Å². The minimum atomic E-state index is 0.204. The highest BCUT2D eigenvalue weighted by atomic mass is 16.3. The highest BCUT2D eigenvalue weighted by Crippen LogP contribution is 2.12. The third kappa shape index (κ3) is 4.48. The number of benzene rings is 2. The molecule has 0 saturated heterocycles. The second kappa shape index (κ2) is 7.83. The fraction of sp³-hybridized carbons (Fsp3) is 0.333. The van der Waals surface area contributed by atoms with E-state index in [1.807, 2.05) is 12.1 Å². The maximum absolute atomic E-state index is 9.61. The lowest BCUT2D eigenvalue weighted by Crippen LogP contribution is -2.34. The van der Waals surface area contributed by atoms with Gasteiger partial charge in [-0.15, -0.1) is 0 Å². The van der Waals surface area contributed by atoms with Gasteiger partial charge in [0.05, 0.1) is 6.61 Å². The standard InChI is InChI=1S/C18H23NO/c1-19(14-17-10-6-3-7-11-17)18(15-20)13-12-16-8-4-2-5-9-16/h2-11,18,20H,12-15H2,1H3/t18-/m0/s1. The lowest BCUT2D eigenvalue weighted by Gasteiger charge is -2.26. The second-order valence-corrected chi connectivity index (χ2v) is 5.26. The quantitative estimate of drug-likeness (QED) is 0.835. The van der Waals surface area contributed by atoms with Gasteiger partial charge in [-0.25, -0.2) is 0 Å². The number of hydrogen-bond donors (Lipinski definition) is 1. The maximum Gasteiger partial charge on any atom is 0.0586 e. The first kappa shape index (κ1) is 14.8. The number of nitrogens with zero attached hydrogens (tertiary/aromatic N) is 1. The van der Waals surface area contributed by atoms with Crippen molar-refractivity contribution in [3.8, 4) is 0 Å². The molecule has 0 radical (unpaired) electrons. The number of aryl methyl sites for hydroxylation is 1. The van der Waals surface area contributed by atoms with Crippen molar-refractivity contribution in [2.24, 2.45) is 0 Å². The molecular weight excluding hydrogens is 246 g/mol. The molecule has 0 amide bonds. The lowest BCUT2D eigenvalue weighted by molar-refractivity contribution is 0.134. The summed E-state index contributed by atoms with van der Waals surface area (Å²) in [5.74, 6) is 0. The molecule has 20 heavy (non-hydrogen) atoms. The van der Waals surface area contributed by atoms with Gasteiger partial charge in [0.25, 0.3) is 0 Å². The first-order chi connectivity index (χ1) is 9.79. The van der Waals surface area contributed by atoms with Crippen molar-refractivity contribution in [3.63, 3.8) is 0 Å². The summed E-state index contributed by atoms with van der Waals surface area (Å²) in [6.45, 7) is 1.08. The van der Waals surface area contributed by atoms with Crippen LogP contribution in [0.25, 0.3) is 0 Å². The minimum absolute atomic E-state index is 0.204. The Labute approximate surface area is 121 Å². The summed E-state index contributed by atoms with van der Waals surface area (Å²) in [4.78, 5) is 2.23. The van der Waals surface area contributed by atoms with E-state index >= 15 is 0 Å². The van der Waals surface area contributed by atoms with Gasteiger partial charge in [0.1, 0.15) is 0 Å². The molecule has 2 rings (SSSR count). The minimum Gasteiger partial charge on any atom is -0.395 e. The number of aliphatic hydroxyl groups excluding tert-OH is 1. The smallest absolute Gasteiger partial charge is 0.0586 e. The normalized spacial score (nSPS) is 12.6. The Balaban J connectivity index is 1.87. The number of rotatable bonds is 7. The van der Waals surface area contributed by atoms with Crippen molar-refractivity contribution < 1.29 is 5.11 Å². The van der Waals surface area contributed by atoms with Crippen LogP contribution in [0.4, 0.5) is 0 Å². The topological polar surface area (TPSA) is 23.5 Å². The van der Waals surface area contributed by atoms with Crippen LogP contribution in [0.2, 0.25) is 0 Å². The molecule has 0 unspecified atom stereocenters. The van der Waals surface area contributed by atoms with Crippen LogP contribution < -0.4 is 0 Å². The van der Waals surface area contributed by atoms with Crippen LogP contribution in [0, 0.1) is 0 Å². The number of hydrogen-bond acceptors (Lipinski definition) is 2. The summed E-state index contributed by atoms with van der Waals surface area (Å²) in [5.41, 5.74) is 2.62. The predicted octanol–water partition coefficient (Wildman–Crippen LogP) is 3.11. The molecule has 0 fully saturated rings. The highest BCUT2D eigenvalue weighted by Gasteiger charge is 2.13. The zero-order valence-corrected chi connectivity index (χ0v) is 12.1. The molecule has 1 atom stereocenters. The fourth-order valence-corrected chi connectivity index (χ4v) is 2.43. The molecule has 1 N–H and O–H groups in total. The van der Waals surface area contributed by atoms with Crippen molar-refractivity contribution in [2.75, 3.05) is 13.7 Å². The molecule has 2 aromatic rings. The van der Waals surface area contributed by atoms with Gasteiger partial charge in [-0.05, 0) is 31.0 Å². The van der Waals surface area contributed by atoms with Crippen LogP contribution in [0.3, 0.4) is 0 Å². The summed E-state index contributed by atoms with van der Waals surface area (Å²) in [5, 5.41) is 9.61. The molecule has 0 aromatic heterocycles. The summed E-state index contributed by atoms with van der Waals surface area (Å²) in [7, 11) is 2.08. The summed E-state index contributed by atoms with van der Waals surface area (Å²) in [6.07, 6.45) is 1.98. The average Bonchev–Trinajstić information content (AvgIpc) is 2.50.